The Labute approximate surface area is 300 Å². The lowest BCUT2D eigenvalue weighted by Gasteiger charge is -2.27. The molecule has 6 aromatic rings. The third-order valence-electron chi connectivity index (χ3n) is 11.6. The molecule has 1 heterocycles. The van der Waals surface area contributed by atoms with Crippen molar-refractivity contribution in [2.45, 2.75) is 63.3 Å². The van der Waals surface area contributed by atoms with Gasteiger partial charge in [-0.05, 0) is 124 Å². The highest BCUT2D eigenvalue weighted by Gasteiger charge is 2.27. The molecule has 248 valence electrons. The lowest BCUT2D eigenvalue weighted by molar-refractivity contribution is 0.494. The Hall–Kier alpha value is -5.47. The highest BCUT2D eigenvalue weighted by Crippen LogP contribution is 2.41. The van der Waals surface area contributed by atoms with Gasteiger partial charge in [0.05, 0.1) is 17.4 Å². The number of hydrogen-bond acceptors (Lipinski definition) is 1. The topological polar surface area (TPSA) is 17.8 Å². The van der Waals surface area contributed by atoms with E-state index in [-0.39, 0.29) is 0 Å². The normalized spacial score (nSPS) is 18.8. The largest absolute Gasteiger partial charge is 0.317 e. The summed E-state index contributed by atoms with van der Waals surface area (Å²) in [5.41, 5.74) is 13.4. The van der Waals surface area contributed by atoms with E-state index in [2.05, 4.69) is 150 Å². The fourth-order valence-corrected chi connectivity index (χ4v) is 9.16. The SMILES string of the molecule is C1=Cc2ccc(-c3c4c(c(-c5ccccc5)c5cc(C6C=C[C@@H](n7c(-c8ccccc8)nc8c7C=CCC8)CC6)ccc35)=CCCC=4)cc2CC1. The Morgan fingerprint density at radius 1 is 0.588 bits per heavy atom. The van der Waals surface area contributed by atoms with Gasteiger partial charge in [-0.15, -0.1) is 0 Å². The van der Waals surface area contributed by atoms with E-state index in [0.29, 0.717) is 12.0 Å². The Bertz CT molecular complexity index is 2530. The first-order valence-corrected chi connectivity index (χ1v) is 19.0. The number of hydrogen-bond donors (Lipinski definition) is 0. The highest BCUT2D eigenvalue weighted by atomic mass is 15.1. The number of aromatic nitrogens is 2. The van der Waals surface area contributed by atoms with Crippen molar-refractivity contribution in [3.05, 3.63) is 160 Å². The third-order valence-corrected chi connectivity index (χ3v) is 11.6. The maximum Gasteiger partial charge on any atom is 0.141 e. The minimum Gasteiger partial charge on any atom is -0.317 e. The molecule has 5 aromatic carbocycles. The number of allylic oxidation sites excluding steroid dienone is 4. The molecule has 1 unspecified atom stereocenters. The third kappa shape index (κ3) is 5.28. The number of imidazole rings is 1. The minimum atomic E-state index is 0.290. The first kappa shape index (κ1) is 30.4. The maximum absolute atomic E-state index is 5.21. The molecule has 0 aliphatic heterocycles. The molecule has 0 amide bonds. The average molecular weight is 659 g/mol. The molecule has 10 rings (SSSR count). The summed E-state index contributed by atoms with van der Waals surface area (Å²) in [6.45, 7) is 0. The van der Waals surface area contributed by atoms with E-state index in [1.54, 1.807) is 0 Å². The predicted octanol–water partition coefficient (Wildman–Crippen LogP) is 11.0. The van der Waals surface area contributed by atoms with Crippen LogP contribution in [-0.4, -0.2) is 9.55 Å². The lowest BCUT2D eigenvalue weighted by Crippen LogP contribution is -2.31. The fourth-order valence-electron chi connectivity index (χ4n) is 9.16. The van der Waals surface area contributed by atoms with Crippen LogP contribution in [0.3, 0.4) is 0 Å². The van der Waals surface area contributed by atoms with Gasteiger partial charge in [-0.3, -0.25) is 0 Å². The Kier molecular flexibility index (Phi) is 7.56. The van der Waals surface area contributed by atoms with Crippen LogP contribution in [0.4, 0.5) is 0 Å². The predicted molar refractivity (Wildman–Crippen MR) is 215 cm³/mol. The van der Waals surface area contributed by atoms with E-state index in [9.17, 15) is 0 Å². The fraction of sp³-hybridized carbons (Fsp3) is 0.204. The van der Waals surface area contributed by atoms with E-state index in [1.807, 2.05) is 0 Å². The summed E-state index contributed by atoms with van der Waals surface area (Å²) in [5.74, 6) is 1.47. The van der Waals surface area contributed by atoms with Gasteiger partial charge in [0.2, 0.25) is 0 Å². The van der Waals surface area contributed by atoms with Gasteiger partial charge in [-0.1, -0.05) is 134 Å². The molecule has 4 aliphatic carbocycles. The standard InChI is InChI=1S/C49H42N2/c1-3-14-35(15-4-1)47-41-19-9-10-20-42(41)48(39-24-23-33-13-7-8-18-37(33)31-39)43-30-27-38(32-44(43)47)34-25-28-40(29-26-34)51-46-22-12-11-21-45(46)50-49(51)36-16-5-2-6-17-36/h1-7,12-17,19-20,22-25,27-28,30-32,34,40H,8-11,18,21,26,29H2/t34?,40-/m1/s1. The molecule has 0 saturated carbocycles. The maximum atomic E-state index is 5.21. The number of benzene rings is 5. The van der Waals surface area contributed by atoms with E-state index < -0.39 is 0 Å². The molecule has 0 fully saturated rings. The summed E-state index contributed by atoms with van der Waals surface area (Å²) >= 11 is 0. The van der Waals surface area contributed by atoms with Crippen molar-refractivity contribution in [2.24, 2.45) is 0 Å². The molecule has 0 saturated heterocycles. The average Bonchev–Trinajstić information content (AvgIpc) is 3.60. The van der Waals surface area contributed by atoms with Crippen LogP contribution >= 0.6 is 0 Å². The van der Waals surface area contributed by atoms with Crippen molar-refractivity contribution in [1.29, 1.82) is 0 Å². The monoisotopic (exact) mass is 658 g/mol. The molecule has 0 radical (unpaired) electrons. The molecule has 2 atom stereocenters. The van der Waals surface area contributed by atoms with Crippen LogP contribution in [0.25, 0.3) is 68.7 Å². The Morgan fingerprint density at radius 2 is 1.33 bits per heavy atom. The van der Waals surface area contributed by atoms with Crippen molar-refractivity contribution in [2.75, 3.05) is 0 Å². The van der Waals surface area contributed by atoms with Gasteiger partial charge in [-0.25, -0.2) is 4.98 Å². The highest BCUT2D eigenvalue weighted by molar-refractivity contribution is 6.06. The summed E-state index contributed by atoms with van der Waals surface area (Å²) < 4.78 is 2.51. The first-order chi connectivity index (χ1) is 25.3. The molecule has 1 aromatic heterocycles. The van der Waals surface area contributed by atoms with Crippen LogP contribution in [0.2, 0.25) is 0 Å². The summed E-state index contributed by atoms with van der Waals surface area (Å²) in [7, 11) is 0. The number of aryl methyl sites for hydroxylation is 2. The van der Waals surface area contributed by atoms with Gasteiger partial charge in [0.1, 0.15) is 5.82 Å². The van der Waals surface area contributed by atoms with Gasteiger partial charge in [-0.2, -0.15) is 0 Å². The quantitative estimate of drug-likeness (QED) is 0.169. The number of nitrogens with zero attached hydrogens (tertiary/aromatic N) is 2. The van der Waals surface area contributed by atoms with E-state index in [0.717, 1.165) is 57.2 Å². The molecule has 4 aliphatic rings. The minimum absolute atomic E-state index is 0.290. The van der Waals surface area contributed by atoms with Gasteiger partial charge in [0.25, 0.3) is 0 Å². The van der Waals surface area contributed by atoms with Crippen molar-refractivity contribution in [1.82, 2.24) is 9.55 Å². The summed E-state index contributed by atoms with van der Waals surface area (Å²) in [5, 5.41) is 5.53. The number of fused-ring (bicyclic) bond motifs is 4. The molecule has 2 nitrogen and oxygen atoms in total. The van der Waals surface area contributed by atoms with Crippen LogP contribution in [0.1, 0.15) is 78.6 Å². The van der Waals surface area contributed by atoms with Gasteiger partial charge >= 0.3 is 0 Å². The molecule has 0 N–H and O–H groups in total. The second-order valence-electron chi connectivity index (χ2n) is 14.7. The molecule has 0 spiro atoms. The van der Waals surface area contributed by atoms with Crippen molar-refractivity contribution in [3.63, 3.8) is 0 Å². The van der Waals surface area contributed by atoms with Crippen LogP contribution in [0.15, 0.2) is 121 Å². The van der Waals surface area contributed by atoms with Crippen LogP contribution in [0.5, 0.6) is 0 Å². The molecular formula is C49H42N2. The lowest BCUT2D eigenvalue weighted by atomic mass is 9.82. The zero-order valence-electron chi connectivity index (χ0n) is 29.1. The zero-order chi connectivity index (χ0) is 33.7. The van der Waals surface area contributed by atoms with Crippen LogP contribution in [0, 0.1) is 0 Å². The smallest absolute Gasteiger partial charge is 0.141 e. The second-order valence-corrected chi connectivity index (χ2v) is 14.7. The molecule has 0 bridgehead atoms. The van der Waals surface area contributed by atoms with Gasteiger partial charge in [0, 0.05) is 11.5 Å². The Balaban J connectivity index is 1.11. The number of rotatable bonds is 5. The Morgan fingerprint density at radius 3 is 2.12 bits per heavy atom. The van der Waals surface area contributed by atoms with E-state index in [4.69, 9.17) is 4.98 Å². The second kappa shape index (κ2) is 12.7. The van der Waals surface area contributed by atoms with Crippen molar-refractivity contribution < 1.29 is 0 Å². The molecular weight excluding hydrogens is 617 g/mol. The van der Waals surface area contributed by atoms with E-state index in [1.165, 1.54) is 77.1 Å². The summed E-state index contributed by atoms with van der Waals surface area (Å²) in [6, 6.07) is 36.7. The van der Waals surface area contributed by atoms with Crippen LogP contribution in [-0.2, 0) is 12.8 Å². The van der Waals surface area contributed by atoms with Gasteiger partial charge < -0.3 is 4.57 Å². The first-order valence-electron chi connectivity index (χ1n) is 19.0. The van der Waals surface area contributed by atoms with Crippen molar-refractivity contribution >= 4 is 35.1 Å². The van der Waals surface area contributed by atoms with Gasteiger partial charge in [0.15, 0.2) is 0 Å². The van der Waals surface area contributed by atoms with Crippen LogP contribution < -0.4 is 10.4 Å². The molecule has 2 heteroatoms. The van der Waals surface area contributed by atoms with E-state index >= 15 is 0 Å². The van der Waals surface area contributed by atoms with Crippen molar-refractivity contribution in [3.8, 4) is 33.6 Å². The summed E-state index contributed by atoms with van der Waals surface area (Å²) in [6.07, 6.45) is 27.9. The zero-order valence-corrected chi connectivity index (χ0v) is 29.1. The molecule has 51 heavy (non-hydrogen) atoms. The summed E-state index contributed by atoms with van der Waals surface area (Å²) in [4.78, 5) is 5.21.